The molecule has 0 aromatic carbocycles. The lowest BCUT2D eigenvalue weighted by atomic mass is 10.0. The minimum absolute atomic E-state index is 0.846. The third-order valence-corrected chi connectivity index (χ3v) is 1.50. The first-order valence-corrected chi connectivity index (χ1v) is 3.71. The molecule has 0 bridgehead atoms. The Morgan fingerprint density at radius 2 is 2.00 bits per heavy atom. The van der Waals surface area contributed by atoms with E-state index in [0.717, 1.165) is 0 Å². The van der Waals surface area contributed by atoms with E-state index in [-0.39, 0.29) is 0 Å². The number of carbonyl (C=O) groups is 2. The topological polar surface area (TPSA) is 92.4 Å². The number of primary amides is 1. The number of thiol groups is 1. The Morgan fingerprint density at radius 1 is 1.58 bits per heavy atom. The molecule has 0 heterocycles. The highest BCUT2D eigenvalue weighted by molar-refractivity contribution is 7.81. The summed E-state index contributed by atoms with van der Waals surface area (Å²) >= 11 is 4.01. The molecule has 12 heavy (non-hydrogen) atoms. The molecule has 6 heteroatoms. The van der Waals surface area contributed by atoms with Gasteiger partial charge in [0.2, 0.25) is 0 Å². The van der Waals surface area contributed by atoms with Crippen LogP contribution in [-0.2, 0) is 4.79 Å². The summed E-state index contributed by atoms with van der Waals surface area (Å²) < 4.78 is -0.846. The molecule has 0 aromatic rings. The molecular weight excluding hydrogens is 180 g/mol. The number of carboxylic acids is 1. The fraction of sp³-hybridized carbons (Fsp3) is 0.667. The van der Waals surface area contributed by atoms with E-state index in [4.69, 9.17) is 10.8 Å². The maximum atomic E-state index is 10.6. The average molecular weight is 192 g/mol. The summed E-state index contributed by atoms with van der Waals surface area (Å²) in [6, 6.07) is -1.96. The molecule has 0 fully saturated rings. The molecule has 5 nitrogen and oxygen atoms in total. The zero-order chi connectivity index (χ0) is 9.94. The Labute approximate surface area is 75.7 Å². The Morgan fingerprint density at radius 3 is 2.08 bits per heavy atom. The standard InChI is InChI=1S/C6H12N2O3S/c1-6(2,12)3(4(9)10)8-5(7)11/h3,12H,1-2H3,(H,9,10)(H3,7,8,11). The molecule has 0 rings (SSSR count). The first-order valence-electron chi connectivity index (χ1n) is 3.26. The Hall–Kier alpha value is -0.910. The summed E-state index contributed by atoms with van der Waals surface area (Å²) in [5.74, 6) is -1.16. The van der Waals surface area contributed by atoms with Crippen LogP contribution >= 0.6 is 12.6 Å². The molecule has 0 spiro atoms. The second kappa shape index (κ2) is 3.66. The molecule has 1 unspecified atom stereocenters. The van der Waals surface area contributed by atoms with Gasteiger partial charge in [0.1, 0.15) is 6.04 Å². The number of hydrogen-bond acceptors (Lipinski definition) is 3. The quantitative estimate of drug-likeness (QED) is 0.467. The van der Waals surface area contributed by atoms with Crippen LogP contribution in [0.1, 0.15) is 13.8 Å². The molecule has 1 atom stereocenters. The molecule has 2 amide bonds. The molecule has 0 saturated heterocycles. The molecule has 0 saturated carbocycles. The third-order valence-electron chi connectivity index (χ3n) is 1.24. The first-order chi connectivity index (χ1) is 5.25. The van der Waals surface area contributed by atoms with Crippen LogP contribution in [0.4, 0.5) is 4.79 Å². The van der Waals surface area contributed by atoms with Crippen molar-refractivity contribution in [3.05, 3.63) is 0 Å². The van der Waals surface area contributed by atoms with Crippen molar-refractivity contribution in [1.29, 1.82) is 0 Å². The van der Waals surface area contributed by atoms with E-state index in [2.05, 4.69) is 17.9 Å². The lowest BCUT2D eigenvalue weighted by molar-refractivity contribution is -0.139. The number of nitrogens with two attached hydrogens (primary N) is 1. The van der Waals surface area contributed by atoms with Crippen molar-refractivity contribution in [3.8, 4) is 0 Å². The highest BCUT2D eigenvalue weighted by Crippen LogP contribution is 2.17. The van der Waals surface area contributed by atoms with E-state index in [9.17, 15) is 9.59 Å². The lowest BCUT2D eigenvalue weighted by Gasteiger charge is -2.25. The summed E-state index contributed by atoms with van der Waals surface area (Å²) in [5.41, 5.74) is 4.78. The molecule has 0 aromatic heterocycles. The van der Waals surface area contributed by atoms with Crippen LogP contribution in [0, 0.1) is 0 Å². The second-order valence-electron chi connectivity index (χ2n) is 2.93. The van der Waals surface area contributed by atoms with Crippen LogP contribution in [0.3, 0.4) is 0 Å². The summed E-state index contributed by atoms with van der Waals surface area (Å²) in [6.45, 7) is 3.15. The smallest absolute Gasteiger partial charge is 0.327 e. The predicted molar refractivity (Wildman–Crippen MR) is 47.2 cm³/mol. The van der Waals surface area contributed by atoms with Crippen molar-refractivity contribution in [2.45, 2.75) is 24.6 Å². The van der Waals surface area contributed by atoms with Gasteiger partial charge in [-0.15, -0.1) is 0 Å². The zero-order valence-corrected chi connectivity index (χ0v) is 7.76. The Bertz CT molecular complexity index is 199. The van der Waals surface area contributed by atoms with E-state index in [0.29, 0.717) is 0 Å². The lowest BCUT2D eigenvalue weighted by Crippen LogP contribution is -2.53. The Kier molecular flexibility index (Phi) is 3.38. The highest BCUT2D eigenvalue weighted by Gasteiger charge is 2.32. The molecule has 70 valence electrons. The van der Waals surface area contributed by atoms with Gasteiger partial charge in [-0.3, -0.25) is 0 Å². The monoisotopic (exact) mass is 192 g/mol. The largest absolute Gasteiger partial charge is 0.480 e. The van der Waals surface area contributed by atoms with Crippen molar-refractivity contribution in [1.82, 2.24) is 5.32 Å². The van der Waals surface area contributed by atoms with Gasteiger partial charge in [-0.05, 0) is 13.8 Å². The van der Waals surface area contributed by atoms with Crippen LogP contribution in [0.15, 0.2) is 0 Å². The van der Waals surface area contributed by atoms with Gasteiger partial charge in [-0.1, -0.05) is 0 Å². The summed E-state index contributed by atoms with van der Waals surface area (Å²) in [7, 11) is 0. The SMILES string of the molecule is CC(C)(S)C(NC(N)=O)C(=O)O. The minimum atomic E-state index is -1.16. The van der Waals surface area contributed by atoms with E-state index >= 15 is 0 Å². The molecule has 0 radical (unpaired) electrons. The van der Waals surface area contributed by atoms with Crippen molar-refractivity contribution in [3.63, 3.8) is 0 Å². The number of urea groups is 1. The van der Waals surface area contributed by atoms with Gasteiger partial charge in [0, 0.05) is 4.75 Å². The summed E-state index contributed by atoms with van der Waals surface area (Å²) in [5, 5.41) is 10.7. The predicted octanol–water partition coefficient (Wildman–Crippen LogP) is -0.184. The normalized spacial score (nSPS) is 13.6. The fourth-order valence-corrected chi connectivity index (χ4v) is 0.858. The number of amides is 2. The number of aliphatic carboxylic acids is 1. The zero-order valence-electron chi connectivity index (χ0n) is 6.87. The first kappa shape index (κ1) is 11.1. The minimum Gasteiger partial charge on any atom is -0.480 e. The van der Waals surface area contributed by atoms with Crippen molar-refractivity contribution >= 4 is 24.6 Å². The van der Waals surface area contributed by atoms with Crippen LogP contribution in [-0.4, -0.2) is 27.9 Å². The molecule has 0 aliphatic carbocycles. The van der Waals surface area contributed by atoms with Gasteiger partial charge in [-0.25, -0.2) is 9.59 Å². The number of hydrogen-bond donors (Lipinski definition) is 4. The van der Waals surface area contributed by atoms with Crippen LogP contribution < -0.4 is 11.1 Å². The number of rotatable bonds is 3. The summed E-state index contributed by atoms with van der Waals surface area (Å²) in [4.78, 5) is 20.9. The van der Waals surface area contributed by atoms with Crippen LogP contribution in [0.25, 0.3) is 0 Å². The number of carbonyl (C=O) groups excluding carboxylic acids is 1. The van der Waals surface area contributed by atoms with Gasteiger partial charge >= 0.3 is 12.0 Å². The van der Waals surface area contributed by atoms with Gasteiger partial charge in [0.15, 0.2) is 0 Å². The van der Waals surface area contributed by atoms with Crippen molar-refractivity contribution in [2.24, 2.45) is 5.73 Å². The molecular formula is C6H12N2O3S. The molecule has 0 aliphatic heterocycles. The van der Waals surface area contributed by atoms with Crippen molar-refractivity contribution < 1.29 is 14.7 Å². The maximum Gasteiger partial charge on any atom is 0.327 e. The van der Waals surface area contributed by atoms with Crippen LogP contribution in [0.2, 0.25) is 0 Å². The molecule has 0 aliphatic rings. The highest BCUT2D eigenvalue weighted by atomic mass is 32.1. The number of carboxylic acid groups (broad SMARTS) is 1. The maximum absolute atomic E-state index is 10.6. The van der Waals surface area contributed by atoms with Gasteiger partial charge in [0.05, 0.1) is 0 Å². The number of nitrogens with one attached hydrogen (secondary N) is 1. The van der Waals surface area contributed by atoms with E-state index in [1.807, 2.05) is 0 Å². The van der Waals surface area contributed by atoms with E-state index in [1.165, 1.54) is 0 Å². The van der Waals surface area contributed by atoms with E-state index in [1.54, 1.807) is 13.8 Å². The Balaban J connectivity index is 4.46. The van der Waals surface area contributed by atoms with Gasteiger partial charge < -0.3 is 16.2 Å². The molecule has 4 N–H and O–H groups in total. The van der Waals surface area contributed by atoms with E-state index < -0.39 is 22.8 Å². The second-order valence-corrected chi connectivity index (χ2v) is 4.09. The van der Waals surface area contributed by atoms with Gasteiger partial charge in [-0.2, -0.15) is 12.6 Å². The van der Waals surface area contributed by atoms with Crippen LogP contribution in [0.5, 0.6) is 0 Å². The average Bonchev–Trinajstić information content (AvgIpc) is 1.79. The fourth-order valence-electron chi connectivity index (χ4n) is 0.683. The van der Waals surface area contributed by atoms with Gasteiger partial charge in [0.25, 0.3) is 0 Å². The van der Waals surface area contributed by atoms with Crippen molar-refractivity contribution in [2.75, 3.05) is 0 Å². The third kappa shape index (κ3) is 3.47. The summed E-state index contributed by atoms with van der Waals surface area (Å²) in [6.07, 6.45) is 0.